The molecule has 0 spiro atoms. The largest absolute Gasteiger partial charge is 0.343 e. The van der Waals surface area contributed by atoms with Gasteiger partial charge < -0.3 is 0 Å². The van der Waals surface area contributed by atoms with E-state index < -0.39 is 16.6 Å². The Bertz CT molecular complexity index is 269. The van der Waals surface area contributed by atoms with Gasteiger partial charge in [0, 0.05) is 7.05 Å². The van der Waals surface area contributed by atoms with Gasteiger partial charge in [-0.05, 0) is 0 Å². The summed E-state index contributed by atoms with van der Waals surface area (Å²) in [5.74, 6) is -0.926. The van der Waals surface area contributed by atoms with Gasteiger partial charge in [-0.25, -0.2) is 4.68 Å². The monoisotopic (exact) mass is 145 g/mol. The molecule has 0 fully saturated rings. The summed E-state index contributed by atoms with van der Waals surface area (Å²) in [6.45, 7) is 0. The molecule has 0 amide bonds. The highest BCUT2D eigenvalue weighted by atomic mass is 19.1. The van der Waals surface area contributed by atoms with Gasteiger partial charge in [-0.1, -0.05) is 0 Å². The number of aryl methyl sites for hydroxylation is 1. The highest BCUT2D eigenvalue weighted by molar-refractivity contribution is 5.22. The highest BCUT2D eigenvalue weighted by Crippen LogP contribution is 2.13. The molecule has 10 heavy (non-hydrogen) atoms. The minimum absolute atomic E-state index is 0.595. The van der Waals surface area contributed by atoms with Crippen LogP contribution in [0.2, 0.25) is 0 Å². The fourth-order valence-corrected chi connectivity index (χ4v) is 0.533. The fraction of sp³-hybridized carbons (Fsp3) is 0.250. The number of aromatic nitrogens is 2. The molecule has 0 saturated heterocycles. The Morgan fingerprint density at radius 2 is 2.50 bits per heavy atom. The Kier molecular flexibility index (Phi) is 1.37. The second kappa shape index (κ2) is 2.05. The van der Waals surface area contributed by atoms with Crippen molar-refractivity contribution >= 4 is 5.69 Å². The van der Waals surface area contributed by atoms with Crippen LogP contribution in [-0.2, 0) is 7.05 Å². The predicted octanol–water partition coefficient (Wildman–Crippen LogP) is 0.467. The summed E-state index contributed by atoms with van der Waals surface area (Å²) >= 11 is 0. The standard InChI is InChI=1S/C4H4FN3O2/c1-7-4(5)3(2-6-7)8(9)10/h2H,1H3. The van der Waals surface area contributed by atoms with Gasteiger partial charge in [-0.2, -0.15) is 9.49 Å². The highest BCUT2D eigenvalue weighted by Gasteiger charge is 2.17. The van der Waals surface area contributed by atoms with E-state index in [0.29, 0.717) is 0 Å². The van der Waals surface area contributed by atoms with Crippen LogP contribution in [0.25, 0.3) is 0 Å². The molecule has 6 heteroatoms. The van der Waals surface area contributed by atoms with Crippen molar-refractivity contribution in [3.8, 4) is 0 Å². The minimum atomic E-state index is -0.926. The molecule has 0 aliphatic carbocycles. The maximum absolute atomic E-state index is 12.5. The number of hydrogen-bond donors (Lipinski definition) is 0. The van der Waals surface area contributed by atoms with E-state index in [-0.39, 0.29) is 0 Å². The van der Waals surface area contributed by atoms with Gasteiger partial charge >= 0.3 is 5.69 Å². The molecule has 0 aliphatic heterocycles. The smallest absolute Gasteiger partial charge is 0.258 e. The molecule has 54 valence electrons. The summed E-state index contributed by atoms with van der Waals surface area (Å²) in [5, 5.41) is 13.3. The van der Waals surface area contributed by atoms with E-state index in [2.05, 4.69) is 5.10 Å². The molecule has 0 atom stereocenters. The second-order valence-corrected chi connectivity index (χ2v) is 1.70. The molecule has 0 aromatic carbocycles. The number of halogens is 1. The lowest BCUT2D eigenvalue weighted by molar-refractivity contribution is -0.387. The summed E-state index contributed by atoms with van der Waals surface area (Å²) < 4.78 is 13.3. The van der Waals surface area contributed by atoms with Crippen molar-refractivity contribution in [3.05, 3.63) is 22.3 Å². The van der Waals surface area contributed by atoms with Crippen LogP contribution < -0.4 is 0 Å². The molecule has 0 N–H and O–H groups in total. The van der Waals surface area contributed by atoms with Gasteiger partial charge in [0.05, 0.1) is 4.92 Å². The van der Waals surface area contributed by atoms with Crippen LogP contribution in [0.15, 0.2) is 6.20 Å². The van der Waals surface area contributed by atoms with E-state index in [1.807, 2.05) is 0 Å². The fourth-order valence-electron chi connectivity index (χ4n) is 0.533. The number of rotatable bonds is 1. The molecule has 0 unspecified atom stereocenters. The zero-order valence-corrected chi connectivity index (χ0v) is 5.11. The average molecular weight is 145 g/mol. The molecule has 0 aliphatic rings. The van der Waals surface area contributed by atoms with Crippen LogP contribution in [0.3, 0.4) is 0 Å². The third-order valence-corrected chi connectivity index (χ3v) is 1.05. The summed E-state index contributed by atoms with van der Waals surface area (Å²) in [6.07, 6.45) is 0.870. The first-order valence-electron chi connectivity index (χ1n) is 2.45. The van der Waals surface area contributed by atoms with Crippen LogP contribution in [0.4, 0.5) is 10.1 Å². The van der Waals surface area contributed by atoms with Crippen molar-refractivity contribution in [3.63, 3.8) is 0 Å². The van der Waals surface area contributed by atoms with E-state index in [1.54, 1.807) is 0 Å². The molecule has 1 heterocycles. The van der Waals surface area contributed by atoms with E-state index >= 15 is 0 Å². The second-order valence-electron chi connectivity index (χ2n) is 1.70. The Labute approximate surface area is 55.2 Å². The normalized spacial score (nSPS) is 9.80. The van der Waals surface area contributed by atoms with Gasteiger partial charge in [-0.3, -0.25) is 10.1 Å². The van der Waals surface area contributed by atoms with Gasteiger partial charge in [0.15, 0.2) is 0 Å². The third kappa shape index (κ3) is 0.831. The molecular weight excluding hydrogens is 141 g/mol. The zero-order chi connectivity index (χ0) is 7.72. The van der Waals surface area contributed by atoms with Gasteiger partial charge in [-0.15, -0.1) is 0 Å². The summed E-state index contributed by atoms with van der Waals surface area (Å²) in [4.78, 5) is 9.13. The van der Waals surface area contributed by atoms with Crippen molar-refractivity contribution in [2.45, 2.75) is 0 Å². The van der Waals surface area contributed by atoms with Gasteiger partial charge in [0.1, 0.15) is 6.20 Å². The topological polar surface area (TPSA) is 61.0 Å². The van der Waals surface area contributed by atoms with Crippen molar-refractivity contribution in [2.24, 2.45) is 7.05 Å². The summed E-state index contributed by atoms with van der Waals surface area (Å²) in [5.41, 5.74) is -0.595. The lowest BCUT2D eigenvalue weighted by Gasteiger charge is -1.85. The first-order chi connectivity index (χ1) is 4.63. The SMILES string of the molecule is Cn1ncc([N+](=O)[O-])c1F. The van der Waals surface area contributed by atoms with Crippen LogP contribution in [0, 0.1) is 16.1 Å². The van der Waals surface area contributed by atoms with Crippen molar-refractivity contribution in [1.29, 1.82) is 0 Å². The van der Waals surface area contributed by atoms with E-state index in [9.17, 15) is 14.5 Å². The molecule has 1 aromatic rings. The Morgan fingerprint density at radius 3 is 2.70 bits per heavy atom. The van der Waals surface area contributed by atoms with Crippen molar-refractivity contribution in [2.75, 3.05) is 0 Å². The van der Waals surface area contributed by atoms with E-state index in [4.69, 9.17) is 0 Å². The third-order valence-electron chi connectivity index (χ3n) is 1.05. The first kappa shape index (κ1) is 6.66. The van der Waals surface area contributed by atoms with Crippen molar-refractivity contribution < 1.29 is 9.31 Å². The molecule has 0 saturated carbocycles. The van der Waals surface area contributed by atoms with Crippen LogP contribution in [-0.4, -0.2) is 14.7 Å². The van der Waals surface area contributed by atoms with E-state index in [1.165, 1.54) is 7.05 Å². The number of nitrogens with zero attached hydrogens (tertiary/aromatic N) is 3. The molecule has 1 rings (SSSR count). The Morgan fingerprint density at radius 1 is 1.90 bits per heavy atom. The summed E-state index contributed by atoms with van der Waals surface area (Å²) in [6, 6.07) is 0. The van der Waals surface area contributed by atoms with Crippen molar-refractivity contribution in [1.82, 2.24) is 9.78 Å². The maximum Gasteiger partial charge on any atom is 0.343 e. The van der Waals surface area contributed by atoms with Crippen LogP contribution >= 0.6 is 0 Å². The summed E-state index contributed by atoms with van der Waals surface area (Å²) in [7, 11) is 1.29. The average Bonchev–Trinajstić information content (AvgIpc) is 2.14. The molecule has 0 bridgehead atoms. The van der Waals surface area contributed by atoms with Crippen LogP contribution in [0.5, 0.6) is 0 Å². The lowest BCUT2D eigenvalue weighted by Crippen LogP contribution is -1.95. The Balaban J connectivity index is 3.17. The molecule has 1 aromatic heterocycles. The van der Waals surface area contributed by atoms with Gasteiger partial charge in [0.2, 0.25) is 0 Å². The minimum Gasteiger partial charge on any atom is -0.258 e. The zero-order valence-electron chi connectivity index (χ0n) is 5.11. The maximum atomic E-state index is 12.5. The van der Waals surface area contributed by atoms with Gasteiger partial charge in [0.25, 0.3) is 5.95 Å². The van der Waals surface area contributed by atoms with E-state index in [0.717, 1.165) is 10.9 Å². The lowest BCUT2D eigenvalue weighted by atomic mass is 10.6. The number of nitro groups is 1. The quantitative estimate of drug-likeness (QED) is 0.426. The molecular formula is C4H4FN3O2. The predicted molar refractivity (Wildman–Crippen MR) is 29.8 cm³/mol. The Hall–Kier alpha value is -1.46. The number of hydrogen-bond acceptors (Lipinski definition) is 3. The molecule has 0 radical (unpaired) electrons. The molecule has 5 nitrogen and oxygen atoms in total. The first-order valence-corrected chi connectivity index (χ1v) is 2.45. The van der Waals surface area contributed by atoms with Crippen LogP contribution in [0.1, 0.15) is 0 Å².